The summed E-state index contributed by atoms with van der Waals surface area (Å²) >= 11 is 0. The Balaban J connectivity index is 1.43. The fourth-order valence-corrected chi connectivity index (χ4v) is 5.69. The second-order valence-electron chi connectivity index (χ2n) is 10.8. The number of hydrogen-bond donors (Lipinski definition) is 4. The van der Waals surface area contributed by atoms with Gasteiger partial charge in [0.1, 0.15) is 5.65 Å². The summed E-state index contributed by atoms with van der Waals surface area (Å²) in [6, 6.07) is 10.1. The summed E-state index contributed by atoms with van der Waals surface area (Å²) < 4.78 is 2.35. The number of aromatic nitrogens is 3. The fraction of sp³-hybridized carbons (Fsp3) is 0.586. The number of nitrogens with zero attached hydrogens (tertiary/aromatic N) is 3. The third kappa shape index (κ3) is 5.84. The molecule has 2 aliphatic rings. The lowest BCUT2D eigenvalue weighted by atomic mass is 9.93. The van der Waals surface area contributed by atoms with Gasteiger partial charge in [-0.15, -0.1) is 0 Å². The van der Waals surface area contributed by atoms with Crippen LogP contribution in [0.5, 0.6) is 0 Å². The molecule has 0 spiro atoms. The summed E-state index contributed by atoms with van der Waals surface area (Å²) in [5.41, 5.74) is 4.53. The summed E-state index contributed by atoms with van der Waals surface area (Å²) in [6.07, 6.45) is 13.6. The Kier molecular flexibility index (Phi) is 8.07. The number of unbranched alkanes of at least 4 members (excludes halogenated alkanes) is 1. The summed E-state index contributed by atoms with van der Waals surface area (Å²) in [6.45, 7) is 6.60. The van der Waals surface area contributed by atoms with E-state index in [1.807, 2.05) is 6.20 Å². The minimum absolute atomic E-state index is 0.172. The zero-order valence-corrected chi connectivity index (χ0v) is 21.8. The van der Waals surface area contributed by atoms with Crippen molar-refractivity contribution in [1.82, 2.24) is 19.9 Å². The SMILES string of the molecule is CCCCC(C)Nc1ncc2c(-c3ccc(NC4CCNCC4)cc3)cn(C3CCC(O)CC3)c2n1. The third-order valence-electron chi connectivity index (χ3n) is 7.90. The van der Waals surface area contributed by atoms with Crippen LogP contribution in [-0.2, 0) is 0 Å². The van der Waals surface area contributed by atoms with Crippen LogP contribution in [0, 0.1) is 0 Å². The van der Waals surface area contributed by atoms with Gasteiger partial charge in [-0.05, 0) is 82.7 Å². The van der Waals surface area contributed by atoms with Crippen molar-refractivity contribution in [3.63, 3.8) is 0 Å². The van der Waals surface area contributed by atoms with Crippen LogP contribution >= 0.6 is 0 Å². The normalized spacial score (nSPS) is 22.0. The lowest BCUT2D eigenvalue weighted by Gasteiger charge is -2.27. The van der Waals surface area contributed by atoms with E-state index in [4.69, 9.17) is 9.97 Å². The van der Waals surface area contributed by atoms with Crippen molar-refractivity contribution in [1.29, 1.82) is 0 Å². The van der Waals surface area contributed by atoms with Crippen LogP contribution in [0.25, 0.3) is 22.2 Å². The second-order valence-corrected chi connectivity index (χ2v) is 10.8. The molecule has 1 aliphatic heterocycles. The zero-order chi connectivity index (χ0) is 24.9. The number of aliphatic hydroxyl groups excluding tert-OH is 1. The van der Waals surface area contributed by atoms with Crippen molar-refractivity contribution in [3.8, 4) is 11.1 Å². The van der Waals surface area contributed by atoms with Crippen LogP contribution in [0.3, 0.4) is 0 Å². The number of piperidine rings is 1. The molecule has 3 heterocycles. The van der Waals surface area contributed by atoms with Crippen LogP contribution in [-0.4, -0.2) is 50.9 Å². The van der Waals surface area contributed by atoms with Crippen LogP contribution in [0.4, 0.5) is 11.6 Å². The highest BCUT2D eigenvalue weighted by atomic mass is 16.3. The van der Waals surface area contributed by atoms with Gasteiger partial charge in [0.15, 0.2) is 0 Å². The molecular weight excluding hydrogens is 448 g/mol. The molecule has 7 heteroatoms. The molecule has 36 heavy (non-hydrogen) atoms. The number of anilines is 2. The lowest BCUT2D eigenvalue weighted by Crippen LogP contribution is -2.35. The van der Waals surface area contributed by atoms with Gasteiger partial charge in [0.05, 0.1) is 6.10 Å². The van der Waals surface area contributed by atoms with Gasteiger partial charge >= 0.3 is 0 Å². The zero-order valence-electron chi connectivity index (χ0n) is 21.8. The van der Waals surface area contributed by atoms with Crippen molar-refractivity contribution in [2.45, 2.75) is 95.9 Å². The van der Waals surface area contributed by atoms with Gasteiger partial charge in [0, 0.05) is 47.2 Å². The van der Waals surface area contributed by atoms with E-state index in [1.165, 1.54) is 29.7 Å². The molecule has 3 aromatic rings. The van der Waals surface area contributed by atoms with Crippen LogP contribution in [0.15, 0.2) is 36.7 Å². The smallest absolute Gasteiger partial charge is 0.224 e. The monoisotopic (exact) mass is 490 g/mol. The molecule has 0 amide bonds. The molecule has 2 fully saturated rings. The Hall–Kier alpha value is -2.64. The maximum absolute atomic E-state index is 10.1. The van der Waals surface area contributed by atoms with Gasteiger partial charge in [-0.2, -0.15) is 4.98 Å². The van der Waals surface area contributed by atoms with E-state index in [1.54, 1.807) is 0 Å². The largest absolute Gasteiger partial charge is 0.393 e. The number of hydrogen-bond acceptors (Lipinski definition) is 6. The summed E-state index contributed by atoms with van der Waals surface area (Å²) in [5, 5.41) is 21.8. The molecule has 4 N–H and O–H groups in total. The quantitative estimate of drug-likeness (QED) is 0.306. The lowest BCUT2D eigenvalue weighted by molar-refractivity contribution is 0.111. The van der Waals surface area contributed by atoms with E-state index in [0.717, 1.165) is 69.1 Å². The van der Waals surface area contributed by atoms with E-state index in [2.05, 4.69) is 64.8 Å². The predicted octanol–water partition coefficient (Wildman–Crippen LogP) is 5.73. The number of aliphatic hydroxyl groups is 1. The van der Waals surface area contributed by atoms with Gasteiger partial charge in [0.25, 0.3) is 0 Å². The number of nitrogens with one attached hydrogen (secondary N) is 3. The molecular formula is C29H42N6O. The van der Waals surface area contributed by atoms with Gasteiger partial charge in [-0.3, -0.25) is 0 Å². The van der Waals surface area contributed by atoms with E-state index in [-0.39, 0.29) is 6.10 Å². The molecule has 1 atom stereocenters. The molecule has 1 saturated heterocycles. The second kappa shape index (κ2) is 11.6. The van der Waals surface area contributed by atoms with Crippen LogP contribution < -0.4 is 16.0 Å². The molecule has 1 aliphatic carbocycles. The fourth-order valence-electron chi connectivity index (χ4n) is 5.69. The Morgan fingerprint density at radius 1 is 1.08 bits per heavy atom. The average molecular weight is 491 g/mol. The molecule has 0 radical (unpaired) electrons. The van der Waals surface area contributed by atoms with E-state index >= 15 is 0 Å². The van der Waals surface area contributed by atoms with Crippen molar-refractivity contribution in [2.24, 2.45) is 0 Å². The van der Waals surface area contributed by atoms with Gasteiger partial charge in [-0.1, -0.05) is 31.9 Å². The van der Waals surface area contributed by atoms with E-state index in [0.29, 0.717) is 24.1 Å². The molecule has 7 nitrogen and oxygen atoms in total. The Morgan fingerprint density at radius 2 is 1.83 bits per heavy atom. The Labute approximate surface area is 215 Å². The molecule has 194 valence electrons. The van der Waals surface area contributed by atoms with Crippen molar-refractivity contribution >= 4 is 22.7 Å². The summed E-state index contributed by atoms with van der Waals surface area (Å²) in [4.78, 5) is 9.73. The van der Waals surface area contributed by atoms with E-state index < -0.39 is 0 Å². The van der Waals surface area contributed by atoms with Gasteiger partial charge < -0.3 is 25.6 Å². The molecule has 0 bridgehead atoms. The highest BCUT2D eigenvalue weighted by molar-refractivity contribution is 5.94. The summed E-state index contributed by atoms with van der Waals surface area (Å²) in [5.74, 6) is 0.703. The van der Waals surface area contributed by atoms with Crippen molar-refractivity contribution < 1.29 is 5.11 Å². The molecule has 2 aromatic heterocycles. The first-order chi connectivity index (χ1) is 17.6. The number of rotatable bonds is 9. The minimum atomic E-state index is -0.172. The molecule has 1 unspecified atom stereocenters. The topological polar surface area (TPSA) is 87.0 Å². The Bertz CT molecular complexity index is 1110. The average Bonchev–Trinajstić information content (AvgIpc) is 3.28. The maximum Gasteiger partial charge on any atom is 0.224 e. The highest BCUT2D eigenvalue weighted by Gasteiger charge is 2.24. The first kappa shape index (κ1) is 25.0. The molecule has 1 aromatic carbocycles. The minimum Gasteiger partial charge on any atom is -0.393 e. The first-order valence-electron chi connectivity index (χ1n) is 14.0. The van der Waals surface area contributed by atoms with E-state index in [9.17, 15) is 5.11 Å². The summed E-state index contributed by atoms with van der Waals surface area (Å²) in [7, 11) is 0. The Morgan fingerprint density at radius 3 is 2.56 bits per heavy atom. The van der Waals surface area contributed by atoms with Gasteiger partial charge in [0.2, 0.25) is 5.95 Å². The molecule has 5 rings (SSSR count). The van der Waals surface area contributed by atoms with Crippen molar-refractivity contribution in [2.75, 3.05) is 23.7 Å². The van der Waals surface area contributed by atoms with Crippen LogP contribution in [0.1, 0.15) is 77.7 Å². The van der Waals surface area contributed by atoms with Crippen LogP contribution in [0.2, 0.25) is 0 Å². The highest BCUT2D eigenvalue weighted by Crippen LogP contribution is 2.37. The molecule has 1 saturated carbocycles. The third-order valence-corrected chi connectivity index (χ3v) is 7.90. The number of benzene rings is 1. The van der Waals surface area contributed by atoms with Crippen molar-refractivity contribution in [3.05, 3.63) is 36.7 Å². The predicted molar refractivity (Wildman–Crippen MR) is 149 cm³/mol. The number of fused-ring (bicyclic) bond motifs is 1. The standard InChI is InChI=1S/C29H42N6O/c1-3-4-5-20(2)32-29-31-18-26-27(19-35(28(26)34-29)24-10-12-25(36)13-11-24)21-6-8-22(9-7-21)33-23-14-16-30-17-15-23/h6-9,18-20,23-25,30,33,36H,3-5,10-17H2,1-2H3,(H,31,32,34). The van der Waals surface area contributed by atoms with Gasteiger partial charge in [-0.25, -0.2) is 4.98 Å². The maximum atomic E-state index is 10.1. The first-order valence-corrected chi connectivity index (χ1v) is 14.0.